The number of anilines is 1. The van der Waals surface area contributed by atoms with E-state index in [0.29, 0.717) is 0 Å². The van der Waals surface area contributed by atoms with Crippen molar-refractivity contribution in [1.29, 1.82) is 0 Å². The van der Waals surface area contributed by atoms with Crippen LogP contribution in [-0.2, 0) is 20.9 Å². The van der Waals surface area contributed by atoms with Gasteiger partial charge in [0.05, 0.1) is 5.69 Å². The molecule has 0 saturated carbocycles. The van der Waals surface area contributed by atoms with Gasteiger partial charge in [-0.05, 0) is 42.2 Å². The van der Waals surface area contributed by atoms with Gasteiger partial charge in [0.1, 0.15) is 11.9 Å². The van der Waals surface area contributed by atoms with E-state index in [1.54, 1.807) is 12.1 Å². The third kappa shape index (κ3) is 8.14. The minimum atomic E-state index is -1.82. The number of aromatic hydroxyl groups is 1. The molecule has 4 N–H and O–H groups in total. The molecule has 36 heavy (non-hydrogen) atoms. The van der Waals surface area contributed by atoms with Crippen molar-refractivity contribution in [2.75, 3.05) is 18.4 Å². The lowest BCUT2D eigenvalue weighted by Gasteiger charge is -2.31. The van der Waals surface area contributed by atoms with Crippen LogP contribution in [-0.4, -0.2) is 57.4 Å². The van der Waals surface area contributed by atoms with E-state index in [2.05, 4.69) is 10.2 Å². The number of carboxylic acid groups (broad SMARTS) is 2. The number of para-hydroxylation sites is 1. The Morgan fingerprint density at radius 1 is 0.861 bits per heavy atom. The molecule has 1 saturated heterocycles. The van der Waals surface area contributed by atoms with Gasteiger partial charge in [-0.3, -0.25) is 10.2 Å². The maximum absolute atomic E-state index is 12.5. The third-order valence-electron chi connectivity index (χ3n) is 5.56. The molecular weight excluding hydrogens is 464 g/mol. The van der Waals surface area contributed by atoms with Crippen LogP contribution in [0.4, 0.5) is 10.5 Å². The molecule has 1 heterocycles. The Hall–Kier alpha value is -4.37. The minimum absolute atomic E-state index is 0.0886. The van der Waals surface area contributed by atoms with Gasteiger partial charge in [-0.1, -0.05) is 60.7 Å². The van der Waals surface area contributed by atoms with E-state index >= 15 is 0 Å². The van der Waals surface area contributed by atoms with Crippen LogP contribution in [0.1, 0.15) is 18.4 Å². The molecule has 9 heteroatoms. The van der Waals surface area contributed by atoms with Crippen molar-refractivity contribution in [2.24, 2.45) is 0 Å². The summed E-state index contributed by atoms with van der Waals surface area (Å²) in [4.78, 5) is 33.0. The number of ether oxygens (including phenoxy) is 1. The van der Waals surface area contributed by atoms with Crippen LogP contribution in [0.5, 0.6) is 5.75 Å². The van der Waals surface area contributed by atoms with Gasteiger partial charge in [0.25, 0.3) is 0 Å². The van der Waals surface area contributed by atoms with E-state index in [9.17, 15) is 9.90 Å². The van der Waals surface area contributed by atoms with Gasteiger partial charge < -0.3 is 20.1 Å². The van der Waals surface area contributed by atoms with Gasteiger partial charge in [-0.15, -0.1) is 0 Å². The number of aliphatic carboxylic acids is 2. The standard InChI is InChI=1S/C25H26N2O3.C2H2O4/c28-21-10-6-7-19(17-21)18-27-15-13-22(14-16-27)30-25(29)26-24-12-5-4-11-23(24)20-8-2-1-3-9-20;3-1(4)2(5)6/h1-12,17,22,28H,13-16,18H2,(H,26,29);(H,3,4)(H,5,6). The fourth-order valence-electron chi connectivity index (χ4n) is 3.85. The smallest absolute Gasteiger partial charge is 0.414 e. The van der Waals surface area contributed by atoms with E-state index in [1.807, 2.05) is 66.7 Å². The lowest BCUT2D eigenvalue weighted by molar-refractivity contribution is -0.159. The molecule has 0 atom stereocenters. The highest BCUT2D eigenvalue weighted by Crippen LogP contribution is 2.28. The number of carboxylic acids is 2. The summed E-state index contributed by atoms with van der Waals surface area (Å²) in [7, 11) is 0. The van der Waals surface area contributed by atoms with Crippen molar-refractivity contribution in [3.05, 3.63) is 84.4 Å². The number of nitrogens with one attached hydrogen (secondary N) is 1. The quantitative estimate of drug-likeness (QED) is 0.384. The average molecular weight is 493 g/mol. The monoisotopic (exact) mass is 492 g/mol. The van der Waals surface area contributed by atoms with Crippen molar-refractivity contribution < 1.29 is 34.4 Å². The molecule has 4 rings (SSSR count). The number of benzene rings is 3. The zero-order chi connectivity index (χ0) is 25.9. The number of phenolic OH excluding ortho intramolecular Hbond substituents is 1. The first kappa shape index (κ1) is 26.2. The molecule has 1 fully saturated rings. The zero-order valence-electron chi connectivity index (χ0n) is 19.5. The van der Waals surface area contributed by atoms with E-state index in [1.165, 1.54) is 0 Å². The third-order valence-corrected chi connectivity index (χ3v) is 5.56. The van der Waals surface area contributed by atoms with E-state index in [-0.39, 0.29) is 11.9 Å². The van der Waals surface area contributed by atoms with Crippen LogP contribution in [0.25, 0.3) is 11.1 Å². The number of nitrogens with zero attached hydrogens (tertiary/aromatic N) is 1. The highest BCUT2D eigenvalue weighted by Gasteiger charge is 2.23. The summed E-state index contributed by atoms with van der Waals surface area (Å²) in [5, 5.41) is 27.3. The van der Waals surface area contributed by atoms with Crippen molar-refractivity contribution in [3.8, 4) is 16.9 Å². The van der Waals surface area contributed by atoms with Crippen LogP contribution in [0.2, 0.25) is 0 Å². The Labute approximate surface area is 208 Å². The van der Waals surface area contributed by atoms with E-state index in [0.717, 1.165) is 54.9 Å². The molecule has 3 aromatic rings. The molecule has 0 radical (unpaired) electrons. The Kier molecular flexibility index (Phi) is 9.41. The minimum Gasteiger partial charge on any atom is -0.508 e. The first-order valence-corrected chi connectivity index (χ1v) is 11.4. The van der Waals surface area contributed by atoms with Gasteiger partial charge in [0, 0.05) is 25.2 Å². The van der Waals surface area contributed by atoms with Gasteiger partial charge >= 0.3 is 18.0 Å². The number of hydrogen-bond donors (Lipinski definition) is 4. The predicted octanol–water partition coefficient (Wildman–Crippen LogP) is 4.43. The van der Waals surface area contributed by atoms with Crippen LogP contribution in [0.3, 0.4) is 0 Å². The summed E-state index contributed by atoms with van der Waals surface area (Å²) >= 11 is 0. The van der Waals surface area contributed by atoms with Gasteiger partial charge in [-0.2, -0.15) is 0 Å². The normalized spacial score (nSPS) is 13.7. The highest BCUT2D eigenvalue weighted by molar-refractivity contribution is 6.27. The van der Waals surface area contributed by atoms with Crippen LogP contribution in [0.15, 0.2) is 78.9 Å². The number of rotatable bonds is 5. The molecule has 1 amide bonds. The highest BCUT2D eigenvalue weighted by atomic mass is 16.6. The molecule has 1 aliphatic heterocycles. The Balaban J connectivity index is 0.000000538. The molecule has 0 aromatic heterocycles. The predicted molar refractivity (Wildman–Crippen MR) is 134 cm³/mol. The fourth-order valence-corrected chi connectivity index (χ4v) is 3.85. The fraction of sp³-hybridized carbons (Fsp3) is 0.222. The lowest BCUT2D eigenvalue weighted by Crippen LogP contribution is -2.38. The van der Waals surface area contributed by atoms with Gasteiger partial charge in [-0.25, -0.2) is 14.4 Å². The van der Waals surface area contributed by atoms with Crippen LogP contribution >= 0.6 is 0 Å². The van der Waals surface area contributed by atoms with Crippen LogP contribution in [0, 0.1) is 0 Å². The Morgan fingerprint density at radius 2 is 1.50 bits per heavy atom. The van der Waals surface area contributed by atoms with Crippen LogP contribution < -0.4 is 5.32 Å². The van der Waals surface area contributed by atoms with Gasteiger partial charge in [0.2, 0.25) is 0 Å². The maximum Gasteiger partial charge on any atom is 0.414 e. The number of likely N-dealkylation sites (tertiary alicyclic amines) is 1. The molecule has 1 aliphatic rings. The number of carbonyl (C=O) groups is 3. The maximum atomic E-state index is 12.5. The molecular formula is C27H28N2O7. The molecule has 0 aliphatic carbocycles. The molecule has 3 aromatic carbocycles. The number of piperidine rings is 1. The molecule has 9 nitrogen and oxygen atoms in total. The van der Waals surface area contributed by atoms with Crippen molar-refractivity contribution >= 4 is 23.7 Å². The van der Waals surface area contributed by atoms with Crippen molar-refractivity contribution in [3.63, 3.8) is 0 Å². The summed E-state index contributed by atoms with van der Waals surface area (Å²) in [5.41, 5.74) is 3.85. The Bertz CT molecular complexity index is 1160. The molecule has 188 valence electrons. The van der Waals surface area contributed by atoms with Crippen molar-refractivity contribution in [1.82, 2.24) is 4.90 Å². The van der Waals surface area contributed by atoms with Gasteiger partial charge in [0.15, 0.2) is 0 Å². The Morgan fingerprint density at radius 3 is 2.14 bits per heavy atom. The van der Waals surface area contributed by atoms with Crippen molar-refractivity contribution in [2.45, 2.75) is 25.5 Å². The molecule has 0 spiro atoms. The zero-order valence-corrected chi connectivity index (χ0v) is 19.5. The van der Waals surface area contributed by atoms with E-state index in [4.69, 9.17) is 24.5 Å². The SMILES string of the molecule is O=C(Nc1ccccc1-c1ccccc1)OC1CCN(Cc2cccc(O)c2)CC1.O=C(O)C(=O)O. The number of phenols is 1. The topological polar surface area (TPSA) is 136 Å². The number of amides is 1. The second-order valence-electron chi connectivity index (χ2n) is 8.20. The first-order valence-electron chi connectivity index (χ1n) is 11.4. The summed E-state index contributed by atoms with van der Waals surface area (Å²) < 4.78 is 5.69. The van der Waals surface area contributed by atoms with E-state index < -0.39 is 18.0 Å². The summed E-state index contributed by atoms with van der Waals surface area (Å²) in [6, 6.07) is 25.1. The molecule has 0 unspecified atom stereocenters. The second-order valence-corrected chi connectivity index (χ2v) is 8.20. The number of carbonyl (C=O) groups excluding carboxylic acids is 1. The summed E-state index contributed by atoms with van der Waals surface area (Å²) in [6.07, 6.45) is 1.10. The second kappa shape index (κ2) is 12.9. The summed E-state index contributed by atoms with van der Waals surface area (Å²) in [6.45, 7) is 2.50. The first-order chi connectivity index (χ1) is 17.3. The lowest BCUT2D eigenvalue weighted by atomic mass is 10.0. The average Bonchev–Trinajstić information content (AvgIpc) is 2.86. The summed E-state index contributed by atoms with van der Waals surface area (Å²) in [5.74, 6) is -3.36. The molecule has 0 bridgehead atoms. The largest absolute Gasteiger partial charge is 0.508 e. The number of hydrogen-bond acceptors (Lipinski definition) is 6.